The fourth-order valence-corrected chi connectivity index (χ4v) is 1.81. The Labute approximate surface area is 86.5 Å². The molecule has 0 aliphatic rings. The van der Waals surface area contributed by atoms with Crippen LogP contribution in [0.2, 0.25) is 0 Å². The van der Waals surface area contributed by atoms with E-state index in [0.717, 1.165) is 18.5 Å². The molecule has 0 saturated heterocycles. The number of hydrazine groups is 1. The van der Waals surface area contributed by atoms with Crippen LogP contribution in [-0.4, -0.2) is 0 Å². The number of benzene rings is 1. The standard InChI is InChI=1S/C12H20N2/c1-4-6-11-10(9(2)3)7-5-8-12(11)14-13/h5,7-9,14H,4,6,13H2,1-3H3. The zero-order chi connectivity index (χ0) is 10.6. The van der Waals surface area contributed by atoms with Gasteiger partial charge in [-0.15, -0.1) is 0 Å². The lowest BCUT2D eigenvalue weighted by atomic mass is 9.93. The number of nitrogens with one attached hydrogen (secondary N) is 1. The van der Waals surface area contributed by atoms with Crippen LogP contribution in [0.4, 0.5) is 5.69 Å². The molecule has 0 bridgehead atoms. The van der Waals surface area contributed by atoms with Gasteiger partial charge in [-0.3, -0.25) is 5.84 Å². The first kappa shape index (κ1) is 11.1. The second kappa shape index (κ2) is 5.01. The van der Waals surface area contributed by atoms with Gasteiger partial charge in [-0.05, 0) is 29.5 Å². The van der Waals surface area contributed by atoms with Gasteiger partial charge in [-0.2, -0.15) is 0 Å². The Kier molecular flexibility index (Phi) is 3.96. The Balaban J connectivity index is 3.13. The average molecular weight is 192 g/mol. The summed E-state index contributed by atoms with van der Waals surface area (Å²) in [5.74, 6) is 6.06. The number of hydrogen-bond acceptors (Lipinski definition) is 2. The second-order valence-corrected chi connectivity index (χ2v) is 3.92. The van der Waals surface area contributed by atoms with Gasteiger partial charge in [0.2, 0.25) is 0 Å². The highest BCUT2D eigenvalue weighted by molar-refractivity contribution is 5.54. The van der Waals surface area contributed by atoms with Gasteiger partial charge in [0.25, 0.3) is 0 Å². The molecular formula is C12H20N2. The van der Waals surface area contributed by atoms with Gasteiger partial charge in [0.05, 0.1) is 5.69 Å². The summed E-state index contributed by atoms with van der Waals surface area (Å²) < 4.78 is 0. The molecule has 0 heterocycles. The molecule has 0 spiro atoms. The molecule has 0 unspecified atom stereocenters. The third kappa shape index (κ3) is 2.26. The molecule has 0 aromatic heterocycles. The zero-order valence-electron chi connectivity index (χ0n) is 9.30. The summed E-state index contributed by atoms with van der Waals surface area (Å²) in [6.07, 6.45) is 2.24. The Morgan fingerprint density at radius 1 is 1.36 bits per heavy atom. The lowest BCUT2D eigenvalue weighted by molar-refractivity contribution is 0.821. The Morgan fingerprint density at radius 3 is 2.57 bits per heavy atom. The van der Waals surface area contributed by atoms with E-state index in [1.807, 2.05) is 6.07 Å². The molecular weight excluding hydrogens is 172 g/mol. The summed E-state index contributed by atoms with van der Waals surface area (Å²) in [4.78, 5) is 0. The summed E-state index contributed by atoms with van der Waals surface area (Å²) in [6, 6.07) is 6.29. The lowest BCUT2D eigenvalue weighted by Crippen LogP contribution is -2.11. The number of hydrogen-bond donors (Lipinski definition) is 2. The third-order valence-corrected chi connectivity index (χ3v) is 2.49. The molecule has 0 aliphatic carbocycles. The fraction of sp³-hybridized carbons (Fsp3) is 0.500. The molecule has 2 nitrogen and oxygen atoms in total. The van der Waals surface area contributed by atoms with E-state index in [9.17, 15) is 0 Å². The van der Waals surface area contributed by atoms with E-state index in [0.29, 0.717) is 5.92 Å². The quantitative estimate of drug-likeness (QED) is 0.568. The van der Waals surface area contributed by atoms with Crippen LogP contribution in [0.5, 0.6) is 0 Å². The van der Waals surface area contributed by atoms with Crippen LogP contribution in [0.1, 0.15) is 44.2 Å². The van der Waals surface area contributed by atoms with Crippen molar-refractivity contribution in [3.63, 3.8) is 0 Å². The Morgan fingerprint density at radius 2 is 2.07 bits per heavy atom. The van der Waals surface area contributed by atoms with Crippen molar-refractivity contribution in [1.82, 2.24) is 0 Å². The van der Waals surface area contributed by atoms with Gasteiger partial charge >= 0.3 is 0 Å². The molecule has 78 valence electrons. The first-order valence-electron chi connectivity index (χ1n) is 5.29. The van der Waals surface area contributed by atoms with Crippen LogP contribution in [0.15, 0.2) is 18.2 Å². The summed E-state index contributed by atoms with van der Waals surface area (Å²) in [5, 5.41) is 0. The van der Waals surface area contributed by atoms with Gasteiger partial charge in [-0.1, -0.05) is 39.3 Å². The maximum atomic E-state index is 5.50. The van der Waals surface area contributed by atoms with Gasteiger partial charge in [0, 0.05) is 0 Å². The van der Waals surface area contributed by atoms with E-state index < -0.39 is 0 Å². The van der Waals surface area contributed by atoms with Crippen LogP contribution in [0, 0.1) is 0 Å². The lowest BCUT2D eigenvalue weighted by Gasteiger charge is -2.16. The first-order chi connectivity index (χ1) is 6.70. The van der Waals surface area contributed by atoms with E-state index >= 15 is 0 Å². The van der Waals surface area contributed by atoms with Crippen molar-refractivity contribution in [2.75, 3.05) is 5.43 Å². The van der Waals surface area contributed by atoms with Crippen molar-refractivity contribution in [1.29, 1.82) is 0 Å². The molecule has 2 heteroatoms. The molecule has 14 heavy (non-hydrogen) atoms. The Hall–Kier alpha value is -1.02. The molecule has 3 N–H and O–H groups in total. The number of rotatable bonds is 4. The normalized spacial score (nSPS) is 10.6. The SMILES string of the molecule is CCCc1c(NN)cccc1C(C)C. The van der Waals surface area contributed by atoms with Crippen LogP contribution >= 0.6 is 0 Å². The van der Waals surface area contributed by atoms with Crippen molar-refractivity contribution in [3.8, 4) is 0 Å². The minimum Gasteiger partial charge on any atom is -0.324 e. The molecule has 0 fully saturated rings. The van der Waals surface area contributed by atoms with Crippen molar-refractivity contribution >= 4 is 5.69 Å². The topological polar surface area (TPSA) is 38.0 Å². The maximum absolute atomic E-state index is 5.50. The highest BCUT2D eigenvalue weighted by atomic mass is 15.2. The Bertz CT molecular complexity index is 292. The van der Waals surface area contributed by atoms with Crippen LogP contribution in [0.25, 0.3) is 0 Å². The number of nitrogen functional groups attached to an aromatic ring is 1. The average Bonchev–Trinajstić information content (AvgIpc) is 2.18. The predicted octanol–water partition coefficient (Wildman–Crippen LogP) is 3.05. The molecule has 0 radical (unpaired) electrons. The minimum atomic E-state index is 0.560. The van der Waals surface area contributed by atoms with Crippen molar-refractivity contribution in [2.24, 2.45) is 5.84 Å². The summed E-state index contributed by atoms with van der Waals surface area (Å²) in [6.45, 7) is 6.63. The van der Waals surface area contributed by atoms with Gasteiger partial charge in [0.1, 0.15) is 0 Å². The van der Waals surface area contributed by atoms with Gasteiger partial charge < -0.3 is 5.43 Å². The van der Waals surface area contributed by atoms with Gasteiger partial charge in [0.15, 0.2) is 0 Å². The fourth-order valence-electron chi connectivity index (χ4n) is 1.81. The molecule has 1 aromatic carbocycles. The highest BCUT2D eigenvalue weighted by Gasteiger charge is 2.09. The van der Waals surface area contributed by atoms with Crippen LogP contribution in [-0.2, 0) is 6.42 Å². The number of anilines is 1. The number of nitrogens with two attached hydrogens (primary N) is 1. The third-order valence-electron chi connectivity index (χ3n) is 2.49. The summed E-state index contributed by atoms with van der Waals surface area (Å²) >= 11 is 0. The highest BCUT2D eigenvalue weighted by Crippen LogP contribution is 2.26. The largest absolute Gasteiger partial charge is 0.324 e. The van der Waals surface area contributed by atoms with E-state index in [1.54, 1.807) is 0 Å². The molecule has 0 saturated carbocycles. The zero-order valence-corrected chi connectivity index (χ0v) is 9.30. The van der Waals surface area contributed by atoms with Crippen molar-refractivity contribution < 1.29 is 0 Å². The molecule has 0 atom stereocenters. The molecule has 1 aromatic rings. The smallest absolute Gasteiger partial charge is 0.0519 e. The van der Waals surface area contributed by atoms with E-state index in [-0.39, 0.29) is 0 Å². The molecule has 0 aliphatic heterocycles. The monoisotopic (exact) mass is 192 g/mol. The van der Waals surface area contributed by atoms with Crippen molar-refractivity contribution in [3.05, 3.63) is 29.3 Å². The van der Waals surface area contributed by atoms with E-state index in [4.69, 9.17) is 5.84 Å². The van der Waals surface area contributed by atoms with E-state index in [2.05, 4.69) is 38.3 Å². The van der Waals surface area contributed by atoms with Crippen LogP contribution < -0.4 is 11.3 Å². The summed E-state index contributed by atoms with van der Waals surface area (Å²) in [5.41, 5.74) is 6.62. The summed E-state index contributed by atoms with van der Waals surface area (Å²) in [7, 11) is 0. The van der Waals surface area contributed by atoms with E-state index in [1.165, 1.54) is 11.1 Å². The maximum Gasteiger partial charge on any atom is 0.0519 e. The molecule has 1 rings (SSSR count). The predicted molar refractivity (Wildman–Crippen MR) is 62.3 cm³/mol. The van der Waals surface area contributed by atoms with Gasteiger partial charge in [-0.25, -0.2) is 0 Å². The van der Waals surface area contributed by atoms with Crippen LogP contribution in [0.3, 0.4) is 0 Å². The molecule has 0 amide bonds. The second-order valence-electron chi connectivity index (χ2n) is 3.92. The first-order valence-corrected chi connectivity index (χ1v) is 5.29. The minimum absolute atomic E-state index is 0.560. The van der Waals surface area contributed by atoms with Crippen molar-refractivity contribution in [2.45, 2.75) is 39.5 Å².